The molecule has 1 aliphatic heterocycles. The summed E-state index contributed by atoms with van der Waals surface area (Å²) in [4.78, 5) is 13.2. The highest BCUT2D eigenvalue weighted by Crippen LogP contribution is 2.27. The van der Waals surface area contributed by atoms with Crippen molar-refractivity contribution in [2.24, 2.45) is 0 Å². The number of aromatic hydroxyl groups is 1. The molecule has 3 N–H and O–H groups in total. The van der Waals surface area contributed by atoms with Crippen molar-refractivity contribution >= 4 is 18.4 Å². The fourth-order valence-corrected chi connectivity index (χ4v) is 2.64. The van der Waals surface area contributed by atoms with Gasteiger partial charge in [-0.1, -0.05) is 6.07 Å². The number of aromatic nitrogens is 2. The van der Waals surface area contributed by atoms with Crippen LogP contribution in [0.2, 0.25) is 0 Å². The van der Waals surface area contributed by atoms with Crippen LogP contribution in [0.1, 0.15) is 5.56 Å². The third-order valence-electron chi connectivity index (χ3n) is 3.86. The normalized spacial score (nSPS) is 14.5. The Bertz CT molecular complexity index is 622. The molecule has 0 aliphatic carbocycles. The first-order valence-electron chi connectivity index (χ1n) is 7.36. The van der Waals surface area contributed by atoms with Gasteiger partial charge in [0.1, 0.15) is 0 Å². The number of rotatable bonds is 4. The molecule has 132 valence electrons. The van der Waals surface area contributed by atoms with E-state index in [9.17, 15) is 5.11 Å². The maximum Gasteiger partial charge on any atom is 0.225 e. The van der Waals surface area contributed by atoms with Crippen LogP contribution in [-0.4, -0.2) is 58.7 Å². The van der Waals surface area contributed by atoms with Gasteiger partial charge in [-0.15, -0.1) is 12.4 Å². The number of piperazine rings is 1. The monoisotopic (exact) mass is 354 g/mol. The molecule has 0 radical (unpaired) electrons. The molecule has 0 bridgehead atoms. The molecule has 2 aromatic rings. The summed E-state index contributed by atoms with van der Waals surface area (Å²) in [6.07, 6.45) is 3.55. The number of methoxy groups -OCH3 is 1. The Labute approximate surface area is 147 Å². The van der Waals surface area contributed by atoms with Crippen LogP contribution in [0.4, 0.5) is 5.95 Å². The second kappa shape index (κ2) is 9.27. The summed E-state index contributed by atoms with van der Waals surface area (Å²) in [7, 11) is 1.57. The molecule has 1 aromatic carbocycles. The highest BCUT2D eigenvalue weighted by atomic mass is 35.5. The fraction of sp³-hybridized carbons (Fsp3) is 0.375. The zero-order valence-electron chi connectivity index (χ0n) is 13.6. The quantitative estimate of drug-likeness (QED) is 0.884. The molecule has 8 heteroatoms. The van der Waals surface area contributed by atoms with Crippen LogP contribution in [0.3, 0.4) is 0 Å². The van der Waals surface area contributed by atoms with Gasteiger partial charge < -0.3 is 20.2 Å². The Hall–Kier alpha value is -2.09. The molecule has 0 saturated carbocycles. The maximum atomic E-state index is 9.64. The molecule has 1 saturated heterocycles. The number of ether oxygens (including phenoxy) is 1. The molecule has 24 heavy (non-hydrogen) atoms. The van der Waals surface area contributed by atoms with E-state index in [0.29, 0.717) is 5.75 Å². The van der Waals surface area contributed by atoms with E-state index in [1.807, 2.05) is 18.2 Å². The summed E-state index contributed by atoms with van der Waals surface area (Å²) in [6.45, 7) is 4.60. The van der Waals surface area contributed by atoms with Crippen molar-refractivity contribution in [3.05, 3.63) is 42.2 Å². The minimum absolute atomic E-state index is 0. The van der Waals surface area contributed by atoms with Gasteiger partial charge in [0, 0.05) is 45.1 Å². The topological polar surface area (TPSA) is 93.2 Å². The molecule has 1 aromatic heterocycles. The van der Waals surface area contributed by atoms with Crippen LogP contribution in [0.15, 0.2) is 36.7 Å². The predicted molar refractivity (Wildman–Crippen MR) is 95.0 cm³/mol. The molecule has 2 heterocycles. The number of nitrogens with zero attached hydrogens (tertiary/aromatic N) is 4. The Morgan fingerprint density at radius 3 is 2.42 bits per heavy atom. The first-order chi connectivity index (χ1) is 10.8. The van der Waals surface area contributed by atoms with Crippen LogP contribution < -0.4 is 9.64 Å². The van der Waals surface area contributed by atoms with E-state index in [4.69, 9.17) is 4.74 Å². The third-order valence-corrected chi connectivity index (χ3v) is 3.86. The lowest BCUT2D eigenvalue weighted by Gasteiger charge is -2.34. The minimum Gasteiger partial charge on any atom is -0.504 e. The van der Waals surface area contributed by atoms with Gasteiger partial charge in [0.25, 0.3) is 0 Å². The highest BCUT2D eigenvalue weighted by Gasteiger charge is 2.19. The van der Waals surface area contributed by atoms with E-state index in [0.717, 1.165) is 44.2 Å². The van der Waals surface area contributed by atoms with Crippen LogP contribution in [-0.2, 0) is 6.54 Å². The Balaban J connectivity index is 0.00000144. The average Bonchev–Trinajstić information content (AvgIpc) is 2.58. The standard InChI is InChI=1S/C16H20N4O2.ClH.H2O/c1-22-15-11-13(3-4-14(15)21)12-19-7-9-20(10-8-19)16-17-5-2-6-18-16;;/h2-6,11,21H,7-10,12H2,1H3;1H;1H2. The van der Waals surface area contributed by atoms with Crippen molar-refractivity contribution in [2.75, 3.05) is 38.2 Å². The molecule has 1 aliphatic rings. The van der Waals surface area contributed by atoms with Crippen LogP contribution in [0.25, 0.3) is 0 Å². The van der Waals surface area contributed by atoms with Crippen LogP contribution in [0, 0.1) is 0 Å². The van der Waals surface area contributed by atoms with Gasteiger partial charge in [-0.3, -0.25) is 4.90 Å². The first kappa shape index (κ1) is 20.0. The number of benzene rings is 1. The van der Waals surface area contributed by atoms with Crippen molar-refractivity contribution < 1.29 is 15.3 Å². The van der Waals surface area contributed by atoms with E-state index >= 15 is 0 Å². The molecule has 7 nitrogen and oxygen atoms in total. The molecule has 1 fully saturated rings. The van der Waals surface area contributed by atoms with Gasteiger partial charge in [0.2, 0.25) is 5.95 Å². The first-order valence-corrected chi connectivity index (χ1v) is 7.36. The lowest BCUT2D eigenvalue weighted by Crippen LogP contribution is -2.46. The largest absolute Gasteiger partial charge is 0.504 e. The van der Waals surface area contributed by atoms with Crippen molar-refractivity contribution in [1.29, 1.82) is 0 Å². The summed E-state index contributed by atoms with van der Waals surface area (Å²) in [5.74, 6) is 1.50. The van der Waals surface area contributed by atoms with E-state index in [1.54, 1.807) is 25.6 Å². The van der Waals surface area contributed by atoms with E-state index in [2.05, 4.69) is 19.8 Å². The van der Waals surface area contributed by atoms with Crippen molar-refractivity contribution in [2.45, 2.75) is 6.54 Å². The maximum absolute atomic E-state index is 9.64. The van der Waals surface area contributed by atoms with Gasteiger partial charge >= 0.3 is 0 Å². The van der Waals surface area contributed by atoms with Crippen LogP contribution in [0.5, 0.6) is 11.5 Å². The number of phenolic OH excluding ortho intramolecular Hbond substituents is 1. The number of hydrogen-bond donors (Lipinski definition) is 1. The SMILES string of the molecule is COc1cc(CN2CCN(c3ncccn3)CC2)ccc1O.Cl.O. The second-order valence-electron chi connectivity index (χ2n) is 5.32. The summed E-state index contributed by atoms with van der Waals surface area (Å²) in [5.41, 5.74) is 1.14. The zero-order valence-corrected chi connectivity index (χ0v) is 14.4. The van der Waals surface area contributed by atoms with Gasteiger partial charge in [0.15, 0.2) is 11.5 Å². The lowest BCUT2D eigenvalue weighted by molar-refractivity contribution is 0.248. The lowest BCUT2D eigenvalue weighted by atomic mass is 10.1. The molecule has 0 spiro atoms. The van der Waals surface area contributed by atoms with Gasteiger partial charge in [-0.25, -0.2) is 9.97 Å². The van der Waals surface area contributed by atoms with Crippen LogP contribution >= 0.6 is 12.4 Å². The van der Waals surface area contributed by atoms with Crippen molar-refractivity contribution in [3.8, 4) is 11.5 Å². The Morgan fingerprint density at radius 2 is 1.79 bits per heavy atom. The highest BCUT2D eigenvalue weighted by molar-refractivity contribution is 5.85. The molecular formula is C16H23ClN4O3. The van der Waals surface area contributed by atoms with E-state index < -0.39 is 0 Å². The van der Waals surface area contributed by atoms with Gasteiger partial charge in [-0.05, 0) is 23.8 Å². The molecule has 0 atom stereocenters. The number of phenols is 1. The van der Waals surface area contributed by atoms with Gasteiger partial charge in [-0.2, -0.15) is 0 Å². The van der Waals surface area contributed by atoms with E-state index in [1.165, 1.54) is 0 Å². The Morgan fingerprint density at radius 1 is 1.12 bits per heavy atom. The number of anilines is 1. The fourth-order valence-electron chi connectivity index (χ4n) is 2.64. The zero-order chi connectivity index (χ0) is 15.4. The smallest absolute Gasteiger partial charge is 0.225 e. The molecule has 3 rings (SSSR count). The van der Waals surface area contributed by atoms with Crippen molar-refractivity contribution in [3.63, 3.8) is 0 Å². The molecule has 0 amide bonds. The summed E-state index contributed by atoms with van der Waals surface area (Å²) < 4.78 is 5.16. The molecule has 0 unspecified atom stereocenters. The Kier molecular flexibility index (Phi) is 7.70. The van der Waals surface area contributed by atoms with Crippen molar-refractivity contribution in [1.82, 2.24) is 14.9 Å². The summed E-state index contributed by atoms with van der Waals surface area (Å²) >= 11 is 0. The predicted octanol–water partition coefficient (Wildman–Crippen LogP) is 1.11. The molecular weight excluding hydrogens is 332 g/mol. The second-order valence-corrected chi connectivity index (χ2v) is 5.32. The number of hydrogen-bond acceptors (Lipinski definition) is 6. The third kappa shape index (κ3) is 4.70. The average molecular weight is 355 g/mol. The minimum atomic E-state index is 0. The number of halogens is 1. The summed E-state index contributed by atoms with van der Waals surface area (Å²) in [5, 5.41) is 9.64. The summed E-state index contributed by atoms with van der Waals surface area (Å²) in [6, 6.07) is 7.34. The van der Waals surface area contributed by atoms with E-state index in [-0.39, 0.29) is 23.6 Å². The van der Waals surface area contributed by atoms with Gasteiger partial charge in [0.05, 0.1) is 7.11 Å².